The Balaban J connectivity index is 1.91. The van der Waals surface area contributed by atoms with Gasteiger partial charge >= 0.3 is 0 Å². The average molecular weight is 245 g/mol. The molecule has 0 saturated heterocycles. The number of rotatable bonds is 1. The van der Waals surface area contributed by atoms with Crippen LogP contribution in [0.1, 0.15) is 50.5 Å². The molecule has 1 aromatic rings. The molecule has 1 unspecified atom stereocenters. The van der Waals surface area contributed by atoms with E-state index in [1.165, 1.54) is 30.5 Å². The van der Waals surface area contributed by atoms with Crippen LogP contribution in [-0.4, -0.2) is 23.8 Å². The van der Waals surface area contributed by atoms with Crippen LogP contribution in [-0.2, 0) is 0 Å². The summed E-state index contributed by atoms with van der Waals surface area (Å²) in [7, 11) is 0. The van der Waals surface area contributed by atoms with Crippen LogP contribution in [0.5, 0.6) is 0 Å². The van der Waals surface area contributed by atoms with Gasteiger partial charge in [0.15, 0.2) is 0 Å². The van der Waals surface area contributed by atoms with Crippen molar-refractivity contribution in [3.63, 3.8) is 0 Å². The summed E-state index contributed by atoms with van der Waals surface area (Å²) >= 11 is 0. The quantitative estimate of drug-likeness (QED) is 0.820. The molecule has 3 atom stereocenters. The van der Waals surface area contributed by atoms with Crippen molar-refractivity contribution >= 4 is 5.69 Å². The van der Waals surface area contributed by atoms with Crippen LogP contribution < -0.4 is 4.90 Å². The van der Waals surface area contributed by atoms with E-state index in [4.69, 9.17) is 0 Å². The predicted molar refractivity (Wildman–Crippen MR) is 75.1 cm³/mol. The van der Waals surface area contributed by atoms with E-state index >= 15 is 0 Å². The van der Waals surface area contributed by atoms with Crippen molar-refractivity contribution in [2.24, 2.45) is 0 Å². The standard InChI is InChI=1S/C16H23NO/c1-12-10-11-17(14-7-3-2-6-13(12)14)15-8-4-5-9-16(15)18/h2-3,6-7,12,15-16,18H,4-5,8-11H2,1H3/t12?,15-,16-/m0/s1. The number of aliphatic hydroxyl groups excluding tert-OH is 1. The lowest BCUT2D eigenvalue weighted by atomic mass is 9.86. The highest BCUT2D eigenvalue weighted by molar-refractivity contribution is 5.58. The molecule has 1 aliphatic carbocycles. The van der Waals surface area contributed by atoms with E-state index in [0.29, 0.717) is 12.0 Å². The lowest BCUT2D eigenvalue weighted by molar-refractivity contribution is 0.103. The van der Waals surface area contributed by atoms with Crippen molar-refractivity contribution in [1.29, 1.82) is 0 Å². The number of hydrogen-bond acceptors (Lipinski definition) is 2. The summed E-state index contributed by atoms with van der Waals surface area (Å²) in [5.41, 5.74) is 2.82. The van der Waals surface area contributed by atoms with Crippen LogP contribution in [0.15, 0.2) is 24.3 Å². The zero-order valence-electron chi connectivity index (χ0n) is 11.2. The molecule has 0 radical (unpaired) electrons. The van der Waals surface area contributed by atoms with Crippen LogP contribution >= 0.6 is 0 Å². The van der Waals surface area contributed by atoms with Gasteiger partial charge in [-0.3, -0.25) is 0 Å². The van der Waals surface area contributed by atoms with Gasteiger partial charge in [-0.1, -0.05) is 38.0 Å². The highest BCUT2D eigenvalue weighted by atomic mass is 16.3. The molecular formula is C16H23NO. The van der Waals surface area contributed by atoms with E-state index in [0.717, 1.165) is 19.4 Å². The fourth-order valence-corrected chi connectivity index (χ4v) is 3.57. The summed E-state index contributed by atoms with van der Waals surface area (Å²) in [4.78, 5) is 2.47. The molecule has 2 heteroatoms. The Morgan fingerprint density at radius 2 is 1.89 bits per heavy atom. The molecule has 0 spiro atoms. The van der Waals surface area contributed by atoms with Gasteiger partial charge in [-0.25, -0.2) is 0 Å². The Hall–Kier alpha value is -1.02. The van der Waals surface area contributed by atoms with Crippen LogP contribution in [0, 0.1) is 0 Å². The molecule has 2 nitrogen and oxygen atoms in total. The molecule has 1 heterocycles. The van der Waals surface area contributed by atoms with Crippen molar-refractivity contribution in [3.8, 4) is 0 Å². The molecule has 1 N–H and O–H groups in total. The fourth-order valence-electron chi connectivity index (χ4n) is 3.57. The first kappa shape index (κ1) is 12.0. The van der Waals surface area contributed by atoms with E-state index in [-0.39, 0.29) is 6.10 Å². The van der Waals surface area contributed by atoms with E-state index in [1.54, 1.807) is 0 Å². The molecule has 1 aliphatic heterocycles. The third kappa shape index (κ3) is 2.03. The largest absolute Gasteiger partial charge is 0.391 e. The highest BCUT2D eigenvalue weighted by Gasteiger charge is 2.32. The first-order valence-electron chi connectivity index (χ1n) is 7.31. The maximum atomic E-state index is 10.3. The summed E-state index contributed by atoms with van der Waals surface area (Å²) in [6, 6.07) is 9.08. The van der Waals surface area contributed by atoms with Gasteiger partial charge in [0, 0.05) is 12.2 Å². The number of nitrogens with zero attached hydrogens (tertiary/aromatic N) is 1. The Bertz CT molecular complexity index is 417. The van der Waals surface area contributed by atoms with E-state index < -0.39 is 0 Å². The number of benzene rings is 1. The summed E-state index contributed by atoms with van der Waals surface area (Å²) in [5, 5.41) is 10.3. The number of anilines is 1. The number of para-hydroxylation sites is 1. The molecule has 1 fully saturated rings. The topological polar surface area (TPSA) is 23.5 Å². The lowest BCUT2D eigenvalue weighted by Crippen LogP contribution is -2.48. The van der Waals surface area contributed by atoms with E-state index in [9.17, 15) is 5.11 Å². The molecule has 18 heavy (non-hydrogen) atoms. The minimum absolute atomic E-state index is 0.139. The SMILES string of the molecule is CC1CCN([C@H]2CCCC[C@@H]2O)c2ccccc21. The van der Waals surface area contributed by atoms with Gasteiger partial charge in [0.1, 0.15) is 0 Å². The summed E-state index contributed by atoms with van der Waals surface area (Å²) in [5.74, 6) is 0.651. The summed E-state index contributed by atoms with van der Waals surface area (Å²) in [6.07, 6.45) is 5.63. The number of aliphatic hydroxyl groups is 1. The van der Waals surface area contributed by atoms with Crippen LogP contribution in [0.2, 0.25) is 0 Å². The smallest absolute Gasteiger partial charge is 0.0743 e. The molecule has 1 aromatic carbocycles. The minimum atomic E-state index is -0.139. The second-order valence-electron chi connectivity index (χ2n) is 5.86. The first-order valence-corrected chi connectivity index (χ1v) is 7.31. The van der Waals surface area contributed by atoms with Gasteiger partial charge in [0.05, 0.1) is 12.1 Å². The molecule has 0 bridgehead atoms. The fraction of sp³-hybridized carbons (Fsp3) is 0.625. The zero-order chi connectivity index (χ0) is 12.5. The highest BCUT2D eigenvalue weighted by Crippen LogP contribution is 2.38. The summed E-state index contributed by atoms with van der Waals surface area (Å²) in [6.45, 7) is 3.41. The molecule has 98 valence electrons. The minimum Gasteiger partial charge on any atom is -0.391 e. The van der Waals surface area contributed by atoms with Gasteiger partial charge in [0.2, 0.25) is 0 Å². The zero-order valence-corrected chi connectivity index (χ0v) is 11.2. The number of hydrogen-bond donors (Lipinski definition) is 1. The van der Waals surface area contributed by atoms with Gasteiger partial charge in [-0.05, 0) is 36.8 Å². The number of fused-ring (bicyclic) bond motifs is 1. The second-order valence-corrected chi connectivity index (χ2v) is 5.86. The Morgan fingerprint density at radius 1 is 1.11 bits per heavy atom. The normalized spacial score (nSPS) is 32.1. The third-order valence-electron chi connectivity index (χ3n) is 4.67. The van der Waals surface area contributed by atoms with Crippen LogP contribution in [0.4, 0.5) is 5.69 Å². The Kier molecular flexibility index (Phi) is 3.29. The van der Waals surface area contributed by atoms with Crippen molar-refractivity contribution in [3.05, 3.63) is 29.8 Å². The maximum Gasteiger partial charge on any atom is 0.0743 e. The molecular weight excluding hydrogens is 222 g/mol. The molecule has 3 rings (SSSR count). The summed E-state index contributed by atoms with van der Waals surface area (Å²) < 4.78 is 0. The van der Waals surface area contributed by atoms with Gasteiger partial charge in [-0.15, -0.1) is 0 Å². The van der Waals surface area contributed by atoms with Crippen LogP contribution in [0.3, 0.4) is 0 Å². The van der Waals surface area contributed by atoms with Crippen molar-refractivity contribution < 1.29 is 5.11 Å². The van der Waals surface area contributed by atoms with Gasteiger partial charge in [-0.2, -0.15) is 0 Å². The average Bonchev–Trinajstić information content (AvgIpc) is 2.41. The Morgan fingerprint density at radius 3 is 2.72 bits per heavy atom. The molecule has 0 aromatic heterocycles. The second kappa shape index (κ2) is 4.93. The van der Waals surface area contributed by atoms with Crippen LogP contribution in [0.25, 0.3) is 0 Å². The Labute approximate surface area is 110 Å². The van der Waals surface area contributed by atoms with Crippen molar-refractivity contribution in [1.82, 2.24) is 0 Å². The third-order valence-corrected chi connectivity index (χ3v) is 4.67. The molecule has 0 amide bonds. The van der Waals surface area contributed by atoms with E-state index in [2.05, 4.69) is 36.1 Å². The van der Waals surface area contributed by atoms with Gasteiger partial charge in [0.25, 0.3) is 0 Å². The molecule has 2 aliphatic rings. The molecule has 1 saturated carbocycles. The van der Waals surface area contributed by atoms with E-state index in [1.807, 2.05) is 0 Å². The maximum absolute atomic E-state index is 10.3. The monoisotopic (exact) mass is 245 g/mol. The van der Waals surface area contributed by atoms with Crippen molar-refractivity contribution in [2.45, 2.75) is 57.1 Å². The van der Waals surface area contributed by atoms with Crippen molar-refractivity contribution in [2.75, 3.05) is 11.4 Å². The lowest BCUT2D eigenvalue weighted by Gasteiger charge is -2.43. The first-order chi connectivity index (χ1) is 8.77. The predicted octanol–water partition coefficient (Wildman–Crippen LogP) is 3.30. The van der Waals surface area contributed by atoms with Gasteiger partial charge < -0.3 is 10.0 Å².